The third-order valence-corrected chi connectivity index (χ3v) is 5.16. The number of carbonyl (C=O) groups is 2. The van der Waals surface area contributed by atoms with Crippen molar-refractivity contribution in [1.82, 2.24) is 25.0 Å². The minimum absolute atomic E-state index is 0.0934. The topological polar surface area (TPSA) is 187 Å². The molecule has 12 nitrogen and oxygen atoms in total. The molecule has 1 aliphatic carbocycles. The molecule has 2 atom stereocenters. The number of primary amides is 1. The highest BCUT2D eigenvalue weighted by molar-refractivity contribution is 5.97. The zero-order valence-corrected chi connectivity index (χ0v) is 18.8. The van der Waals surface area contributed by atoms with Gasteiger partial charge in [-0.3, -0.25) is 4.79 Å². The van der Waals surface area contributed by atoms with Crippen molar-refractivity contribution in [1.29, 1.82) is 0 Å². The van der Waals surface area contributed by atoms with Gasteiger partial charge in [0.05, 0.1) is 30.0 Å². The molecule has 3 heterocycles. The molecule has 3 aromatic heterocycles. The number of nitrogens with two attached hydrogens (primary N) is 2. The Morgan fingerprint density at radius 1 is 1.14 bits per heavy atom. The Labute approximate surface area is 202 Å². The minimum Gasteiger partial charge on any atom is -0.475 e. The molecule has 15 heteroatoms. The predicted octanol–water partition coefficient (Wildman–Crippen LogP) is 2.21. The Bertz CT molecular complexity index is 1190. The first-order chi connectivity index (χ1) is 17.0. The van der Waals surface area contributed by atoms with Crippen molar-refractivity contribution in [3.63, 3.8) is 0 Å². The standard InChI is InChI=1S/C19H23N9O.C2HF3O2/c20-13-4-1-2-5-14(13)25-12-10-15(18(19(21)29)22-11-12)26-16-6-3-7-17(27-16)28-23-8-9-24-28;3-2(4,5)1(6)7/h3,6-11,13-14,25H,1-2,4-5,20H2,(H2,21,29)(H,26,27);(H,6,7)/t13-,14+;/m0./s1. The van der Waals surface area contributed by atoms with Crippen LogP contribution in [0.2, 0.25) is 0 Å². The van der Waals surface area contributed by atoms with Crippen LogP contribution in [0.25, 0.3) is 5.82 Å². The first kappa shape index (κ1) is 26.3. The number of hydrogen-bond donors (Lipinski definition) is 5. The molecule has 1 saturated carbocycles. The number of aromatic nitrogens is 5. The molecule has 0 saturated heterocycles. The number of nitrogens with one attached hydrogen (secondary N) is 2. The maximum Gasteiger partial charge on any atom is 0.490 e. The SMILES string of the molecule is NC(=O)c1ncc(N[C@@H]2CCCC[C@@H]2N)cc1Nc1cccc(-n2nccn2)n1.O=C(O)C(F)(F)F. The van der Waals surface area contributed by atoms with Crippen molar-refractivity contribution < 1.29 is 27.9 Å². The van der Waals surface area contributed by atoms with Crippen LogP contribution in [-0.4, -0.2) is 60.2 Å². The maximum atomic E-state index is 11.9. The lowest BCUT2D eigenvalue weighted by Gasteiger charge is -2.30. The summed E-state index contributed by atoms with van der Waals surface area (Å²) in [5, 5.41) is 21.8. The molecular formula is C21H24F3N9O3. The second kappa shape index (κ2) is 11.4. The normalized spacial score (nSPS) is 17.4. The van der Waals surface area contributed by atoms with E-state index in [-0.39, 0.29) is 17.8 Å². The fourth-order valence-corrected chi connectivity index (χ4v) is 3.46. The molecule has 1 amide bonds. The summed E-state index contributed by atoms with van der Waals surface area (Å²) in [4.78, 5) is 30.9. The molecule has 1 fully saturated rings. The summed E-state index contributed by atoms with van der Waals surface area (Å²) in [6, 6.07) is 7.43. The fourth-order valence-electron chi connectivity index (χ4n) is 3.46. The van der Waals surface area contributed by atoms with Crippen LogP contribution >= 0.6 is 0 Å². The lowest BCUT2D eigenvalue weighted by atomic mass is 9.91. The Kier molecular flexibility index (Phi) is 8.37. The van der Waals surface area contributed by atoms with Gasteiger partial charge >= 0.3 is 12.1 Å². The van der Waals surface area contributed by atoms with Gasteiger partial charge in [-0.2, -0.15) is 23.4 Å². The number of halogens is 3. The number of pyridine rings is 2. The van der Waals surface area contributed by atoms with Gasteiger partial charge in [-0.1, -0.05) is 18.9 Å². The zero-order valence-electron chi connectivity index (χ0n) is 18.8. The third-order valence-electron chi connectivity index (χ3n) is 5.16. The average molecular weight is 507 g/mol. The molecule has 4 rings (SSSR count). The minimum atomic E-state index is -5.08. The highest BCUT2D eigenvalue weighted by atomic mass is 19.4. The zero-order chi connectivity index (χ0) is 26.3. The third kappa shape index (κ3) is 7.11. The number of alkyl halides is 3. The number of nitrogens with zero attached hydrogens (tertiary/aromatic N) is 5. The molecule has 0 radical (unpaired) electrons. The van der Waals surface area contributed by atoms with Crippen molar-refractivity contribution >= 4 is 29.1 Å². The molecule has 3 aromatic rings. The van der Waals surface area contributed by atoms with E-state index in [2.05, 4.69) is 30.8 Å². The van der Waals surface area contributed by atoms with Crippen molar-refractivity contribution in [3.8, 4) is 5.82 Å². The van der Waals surface area contributed by atoms with Crippen LogP contribution < -0.4 is 22.1 Å². The first-order valence-corrected chi connectivity index (χ1v) is 10.8. The average Bonchev–Trinajstić information content (AvgIpc) is 3.36. The van der Waals surface area contributed by atoms with E-state index in [1.807, 2.05) is 6.07 Å². The summed E-state index contributed by atoms with van der Waals surface area (Å²) in [6.45, 7) is 0. The first-order valence-electron chi connectivity index (χ1n) is 10.8. The summed E-state index contributed by atoms with van der Waals surface area (Å²) in [5.74, 6) is -2.34. The quantitative estimate of drug-likeness (QED) is 0.331. The van der Waals surface area contributed by atoms with E-state index < -0.39 is 18.1 Å². The van der Waals surface area contributed by atoms with Gasteiger partial charge in [0.25, 0.3) is 5.91 Å². The number of carboxylic acid groups (broad SMARTS) is 1. The van der Waals surface area contributed by atoms with Crippen LogP contribution in [-0.2, 0) is 4.79 Å². The Balaban J connectivity index is 0.000000454. The Hall–Kier alpha value is -4.27. The molecule has 192 valence electrons. The number of rotatable bonds is 6. The van der Waals surface area contributed by atoms with E-state index in [0.717, 1.165) is 31.4 Å². The molecule has 1 aliphatic rings. The van der Waals surface area contributed by atoms with Gasteiger partial charge in [0, 0.05) is 12.1 Å². The van der Waals surface area contributed by atoms with Crippen molar-refractivity contribution in [2.75, 3.05) is 10.6 Å². The second-order valence-electron chi connectivity index (χ2n) is 7.81. The molecule has 0 unspecified atom stereocenters. The summed E-state index contributed by atoms with van der Waals surface area (Å²) in [6.07, 6.45) is 3.95. The molecule has 0 aliphatic heterocycles. The molecular weight excluding hydrogens is 483 g/mol. The lowest BCUT2D eigenvalue weighted by Crippen LogP contribution is -2.42. The smallest absolute Gasteiger partial charge is 0.475 e. The van der Waals surface area contributed by atoms with Gasteiger partial charge in [0.15, 0.2) is 11.5 Å². The van der Waals surface area contributed by atoms with Gasteiger partial charge in [-0.25, -0.2) is 14.8 Å². The van der Waals surface area contributed by atoms with E-state index in [1.54, 1.807) is 36.8 Å². The van der Waals surface area contributed by atoms with Gasteiger partial charge in [0.1, 0.15) is 5.82 Å². The molecule has 0 bridgehead atoms. The Morgan fingerprint density at radius 3 is 2.42 bits per heavy atom. The van der Waals surface area contributed by atoms with E-state index in [4.69, 9.17) is 21.4 Å². The summed E-state index contributed by atoms with van der Waals surface area (Å²) in [5.41, 5.74) is 13.1. The van der Waals surface area contributed by atoms with E-state index >= 15 is 0 Å². The molecule has 7 N–H and O–H groups in total. The van der Waals surface area contributed by atoms with Crippen LogP contribution in [0.1, 0.15) is 36.2 Å². The maximum absolute atomic E-state index is 11.9. The summed E-state index contributed by atoms with van der Waals surface area (Å²) in [7, 11) is 0. The van der Waals surface area contributed by atoms with Crippen molar-refractivity contribution in [2.24, 2.45) is 11.5 Å². The van der Waals surface area contributed by atoms with Gasteiger partial charge in [0.2, 0.25) is 0 Å². The molecule has 36 heavy (non-hydrogen) atoms. The molecule has 0 aromatic carbocycles. The number of hydrogen-bond acceptors (Lipinski definition) is 9. The highest BCUT2D eigenvalue weighted by Crippen LogP contribution is 2.25. The predicted molar refractivity (Wildman–Crippen MR) is 123 cm³/mol. The number of carboxylic acids is 1. The van der Waals surface area contributed by atoms with E-state index in [9.17, 15) is 18.0 Å². The van der Waals surface area contributed by atoms with Crippen LogP contribution in [0, 0.1) is 0 Å². The van der Waals surface area contributed by atoms with Crippen molar-refractivity contribution in [3.05, 3.63) is 48.5 Å². The van der Waals surface area contributed by atoms with Crippen LogP contribution in [0.3, 0.4) is 0 Å². The highest BCUT2D eigenvalue weighted by Gasteiger charge is 2.38. The van der Waals surface area contributed by atoms with E-state index in [1.165, 1.54) is 4.80 Å². The lowest BCUT2D eigenvalue weighted by molar-refractivity contribution is -0.192. The van der Waals surface area contributed by atoms with Crippen molar-refractivity contribution in [2.45, 2.75) is 43.9 Å². The van der Waals surface area contributed by atoms with E-state index in [0.29, 0.717) is 17.3 Å². The fraction of sp³-hybridized carbons (Fsp3) is 0.333. The number of amides is 1. The van der Waals surface area contributed by atoms with Crippen LogP contribution in [0.5, 0.6) is 0 Å². The molecule has 0 spiro atoms. The number of carbonyl (C=O) groups excluding carboxylic acids is 1. The van der Waals surface area contributed by atoms with Gasteiger partial charge < -0.3 is 27.2 Å². The van der Waals surface area contributed by atoms with Crippen LogP contribution in [0.4, 0.5) is 30.4 Å². The number of anilines is 3. The van der Waals surface area contributed by atoms with Gasteiger partial charge in [-0.05, 0) is 31.0 Å². The van der Waals surface area contributed by atoms with Gasteiger partial charge in [-0.15, -0.1) is 4.80 Å². The second-order valence-corrected chi connectivity index (χ2v) is 7.81. The largest absolute Gasteiger partial charge is 0.490 e. The summed E-state index contributed by atoms with van der Waals surface area (Å²) >= 11 is 0. The monoisotopic (exact) mass is 507 g/mol. The van der Waals surface area contributed by atoms with Crippen LogP contribution in [0.15, 0.2) is 42.9 Å². The summed E-state index contributed by atoms with van der Waals surface area (Å²) < 4.78 is 31.7. The number of aliphatic carboxylic acids is 1. The Morgan fingerprint density at radius 2 is 1.81 bits per heavy atom.